The van der Waals surface area contributed by atoms with Crippen molar-refractivity contribution in [3.8, 4) is 11.5 Å². The molecule has 0 spiro atoms. The second-order valence-electron chi connectivity index (χ2n) is 5.63. The molecular formula is C16H25N3O5S2. The number of rotatable bonds is 7. The Hall–Kier alpha value is -1.62. The van der Waals surface area contributed by atoms with E-state index in [2.05, 4.69) is 5.32 Å². The van der Waals surface area contributed by atoms with Crippen LogP contribution in [0.15, 0.2) is 23.1 Å². The maximum Gasteiger partial charge on any atom is 0.243 e. The van der Waals surface area contributed by atoms with Gasteiger partial charge in [0.2, 0.25) is 10.0 Å². The quantitative estimate of drug-likeness (QED) is 0.522. The third-order valence-corrected chi connectivity index (χ3v) is 6.40. The third-order valence-electron chi connectivity index (χ3n) is 4.10. The number of sulfonamides is 1. The fourth-order valence-corrected chi connectivity index (χ4v) is 4.35. The fraction of sp³-hybridized carbons (Fsp3) is 0.562. The molecule has 0 saturated carbocycles. The molecule has 1 aromatic carbocycles. The van der Waals surface area contributed by atoms with Gasteiger partial charge in [0.25, 0.3) is 0 Å². The van der Waals surface area contributed by atoms with Gasteiger partial charge in [-0.15, -0.1) is 0 Å². The number of piperazine rings is 1. The van der Waals surface area contributed by atoms with Gasteiger partial charge in [0.15, 0.2) is 16.6 Å². The van der Waals surface area contributed by atoms with E-state index in [1.54, 1.807) is 13.2 Å². The van der Waals surface area contributed by atoms with E-state index in [9.17, 15) is 8.42 Å². The van der Waals surface area contributed by atoms with Crippen LogP contribution < -0.4 is 14.8 Å². The first-order chi connectivity index (χ1) is 12.4. The van der Waals surface area contributed by atoms with Crippen molar-refractivity contribution in [1.29, 1.82) is 0 Å². The van der Waals surface area contributed by atoms with Crippen molar-refractivity contribution in [1.82, 2.24) is 14.5 Å². The highest BCUT2D eigenvalue weighted by Crippen LogP contribution is 2.30. The Balaban J connectivity index is 2.02. The molecule has 8 nitrogen and oxygen atoms in total. The number of nitrogens with zero attached hydrogens (tertiary/aromatic N) is 2. The van der Waals surface area contributed by atoms with Crippen molar-refractivity contribution in [2.24, 2.45) is 0 Å². The summed E-state index contributed by atoms with van der Waals surface area (Å²) in [7, 11) is 1.01. The summed E-state index contributed by atoms with van der Waals surface area (Å²) in [4.78, 5) is 2.15. The molecule has 0 amide bonds. The third kappa shape index (κ3) is 4.76. The zero-order chi connectivity index (χ0) is 19.2. The summed E-state index contributed by atoms with van der Waals surface area (Å²) in [6.45, 7) is 2.98. The maximum absolute atomic E-state index is 12.9. The predicted molar refractivity (Wildman–Crippen MR) is 102 cm³/mol. The highest BCUT2D eigenvalue weighted by molar-refractivity contribution is 7.89. The molecule has 1 aliphatic rings. The van der Waals surface area contributed by atoms with Crippen molar-refractivity contribution >= 4 is 27.4 Å². The average Bonchev–Trinajstić information content (AvgIpc) is 2.67. The standard InChI is InChI=1S/C16H25N3O5S2/c1-22-11-6-17-16(25)18-7-9-19(10-8-18)26(20,21)13-4-5-14(23-2)15(12-13)24-3/h4-5,12H,6-11H2,1-3H3,(H,17,25). The largest absolute Gasteiger partial charge is 0.493 e. The Kier molecular flexibility index (Phi) is 7.44. The zero-order valence-electron chi connectivity index (χ0n) is 15.2. The van der Waals surface area contributed by atoms with Crippen LogP contribution in [0.2, 0.25) is 0 Å². The molecule has 1 aromatic rings. The summed E-state index contributed by atoms with van der Waals surface area (Å²) in [5.74, 6) is 0.875. The number of thiocarbonyl (C=S) groups is 1. The average molecular weight is 404 g/mol. The lowest BCUT2D eigenvalue weighted by molar-refractivity contribution is 0.201. The molecule has 146 valence electrons. The number of benzene rings is 1. The van der Waals surface area contributed by atoms with Crippen LogP contribution in [0.1, 0.15) is 0 Å². The minimum atomic E-state index is -3.60. The van der Waals surface area contributed by atoms with E-state index in [0.717, 1.165) is 0 Å². The summed E-state index contributed by atoms with van der Waals surface area (Å²) >= 11 is 5.33. The Morgan fingerprint density at radius 1 is 1.12 bits per heavy atom. The van der Waals surface area contributed by atoms with Crippen molar-refractivity contribution in [3.05, 3.63) is 18.2 Å². The first-order valence-corrected chi connectivity index (χ1v) is 10.0. The molecule has 0 bridgehead atoms. The summed E-state index contributed by atoms with van der Waals surface area (Å²) in [6.07, 6.45) is 0. The second-order valence-corrected chi connectivity index (χ2v) is 7.96. The molecule has 0 aromatic heterocycles. The Bertz CT molecular complexity index is 719. The van der Waals surface area contributed by atoms with Crippen LogP contribution in [0, 0.1) is 0 Å². The molecule has 0 unspecified atom stereocenters. The Morgan fingerprint density at radius 2 is 1.77 bits per heavy atom. The molecule has 0 aliphatic carbocycles. The molecule has 1 heterocycles. The molecule has 0 atom stereocenters. The van der Waals surface area contributed by atoms with Gasteiger partial charge in [0, 0.05) is 45.9 Å². The van der Waals surface area contributed by atoms with Crippen LogP contribution in [0.25, 0.3) is 0 Å². The monoisotopic (exact) mass is 403 g/mol. The van der Waals surface area contributed by atoms with Gasteiger partial charge in [-0.1, -0.05) is 0 Å². The SMILES string of the molecule is COCCNC(=S)N1CCN(S(=O)(=O)c2ccc(OC)c(OC)c2)CC1. The summed E-state index contributed by atoms with van der Waals surface area (Å²) in [5.41, 5.74) is 0. The van der Waals surface area contributed by atoms with Gasteiger partial charge < -0.3 is 24.4 Å². The highest BCUT2D eigenvalue weighted by Gasteiger charge is 2.30. The predicted octanol–water partition coefficient (Wildman–Crippen LogP) is 0.531. The lowest BCUT2D eigenvalue weighted by Gasteiger charge is -2.35. The zero-order valence-corrected chi connectivity index (χ0v) is 16.9. The number of methoxy groups -OCH3 is 3. The number of hydrogen-bond acceptors (Lipinski definition) is 6. The van der Waals surface area contributed by atoms with E-state index >= 15 is 0 Å². The van der Waals surface area contributed by atoms with Gasteiger partial charge in [-0.25, -0.2) is 8.42 Å². The minimum absolute atomic E-state index is 0.185. The Labute approximate surface area is 160 Å². The molecule has 1 saturated heterocycles. The van der Waals surface area contributed by atoms with E-state index in [-0.39, 0.29) is 4.90 Å². The van der Waals surface area contributed by atoms with E-state index < -0.39 is 10.0 Å². The van der Waals surface area contributed by atoms with Crippen LogP contribution in [-0.2, 0) is 14.8 Å². The van der Waals surface area contributed by atoms with Crippen LogP contribution in [0.4, 0.5) is 0 Å². The van der Waals surface area contributed by atoms with Gasteiger partial charge in [-0.3, -0.25) is 0 Å². The topological polar surface area (TPSA) is 80.3 Å². The van der Waals surface area contributed by atoms with Crippen molar-refractivity contribution in [2.75, 3.05) is 60.7 Å². The number of ether oxygens (including phenoxy) is 3. The summed E-state index contributed by atoms with van der Waals surface area (Å²) < 4.78 is 42.6. The van der Waals surface area contributed by atoms with Crippen molar-refractivity contribution in [3.63, 3.8) is 0 Å². The van der Waals surface area contributed by atoms with E-state index in [1.165, 1.54) is 30.7 Å². The van der Waals surface area contributed by atoms with Crippen molar-refractivity contribution < 1.29 is 22.6 Å². The maximum atomic E-state index is 12.9. The lowest BCUT2D eigenvalue weighted by atomic mass is 10.3. The van der Waals surface area contributed by atoms with E-state index in [4.69, 9.17) is 26.4 Å². The Morgan fingerprint density at radius 3 is 2.35 bits per heavy atom. The van der Waals surface area contributed by atoms with Gasteiger partial charge in [-0.2, -0.15) is 4.31 Å². The van der Waals surface area contributed by atoms with Gasteiger partial charge in [0.1, 0.15) is 0 Å². The van der Waals surface area contributed by atoms with Gasteiger partial charge >= 0.3 is 0 Å². The number of hydrogen-bond donors (Lipinski definition) is 1. The molecule has 26 heavy (non-hydrogen) atoms. The van der Waals surface area contributed by atoms with Gasteiger partial charge in [-0.05, 0) is 24.4 Å². The number of nitrogens with one attached hydrogen (secondary N) is 1. The van der Waals surface area contributed by atoms with E-state index in [1.807, 2.05) is 4.90 Å². The molecule has 1 fully saturated rings. The molecule has 10 heteroatoms. The smallest absolute Gasteiger partial charge is 0.243 e. The van der Waals surface area contributed by atoms with Crippen LogP contribution in [-0.4, -0.2) is 83.4 Å². The summed E-state index contributed by atoms with van der Waals surface area (Å²) in [6, 6.07) is 4.61. The molecule has 1 N–H and O–H groups in total. The second kappa shape index (κ2) is 9.36. The minimum Gasteiger partial charge on any atom is -0.493 e. The van der Waals surface area contributed by atoms with Gasteiger partial charge in [0.05, 0.1) is 25.7 Å². The van der Waals surface area contributed by atoms with Crippen molar-refractivity contribution in [2.45, 2.75) is 4.90 Å². The fourth-order valence-electron chi connectivity index (χ4n) is 2.63. The molecule has 0 radical (unpaired) electrons. The first-order valence-electron chi connectivity index (χ1n) is 8.18. The molecular weight excluding hydrogens is 378 g/mol. The summed E-state index contributed by atoms with van der Waals surface area (Å²) in [5, 5.41) is 3.72. The van der Waals surface area contributed by atoms with Crippen LogP contribution in [0.5, 0.6) is 11.5 Å². The molecule has 1 aliphatic heterocycles. The highest BCUT2D eigenvalue weighted by atomic mass is 32.2. The van der Waals surface area contributed by atoms with Crippen LogP contribution >= 0.6 is 12.2 Å². The van der Waals surface area contributed by atoms with Crippen LogP contribution in [0.3, 0.4) is 0 Å². The molecule has 2 rings (SSSR count). The lowest BCUT2D eigenvalue weighted by Crippen LogP contribution is -2.53. The van der Waals surface area contributed by atoms with E-state index in [0.29, 0.717) is 55.9 Å². The normalized spacial score (nSPS) is 15.6. The first kappa shape index (κ1) is 20.7.